The van der Waals surface area contributed by atoms with Gasteiger partial charge < -0.3 is 10.6 Å². The molecule has 3 N–H and O–H groups in total. The SMILES string of the molecule is Cc1ccc(Nc2cc(C)nc(NCCNS(=O)(=O)c3cc(Cl)ccc3Cl)n2)cc1. The molecule has 0 aliphatic carbocycles. The Bertz CT molecular complexity index is 1140. The van der Waals surface area contributed by atoms with Crippen molar-refractivity contribution < 1.29 is 8.42 Å². The lowest BCUT2D eigenvalue weighted by Crippen LogP contribution is -2.29. The summed E-state index contributed by atoms with van der Waals surface area (Å²) >= 11 is 11.9. The molecule has 0 fully saturated rings. The van der Waals surface area contributed by atoms with Gasteiger partial charge in [-0.05, 0) is 44.2 Å². The first-order chi connectivity index (χ1) is 14.2. The van der Waals surface area contributed by atoms with Gasteiger partial charge in [0.05, 0.1) is 5.02 Å². The molecule has 0 aliphatic rings. The van der Waals surface area contributed by atoms with Gasteiger partial charge in [-0.2, -0.15) is 4.98 Å². The van der Waals surface area contributed by atoms with Crippen molar-refractivity contribution >= 4 is 50.7 Å². The van der Waals surface area contributed by atoms with Crippen molar-refractivity contribution in [3.63, 3.8) is 0 Å². The normalized spacial score (nSPS) is 11.3. The molecule has 0 radical (unpaired) electrons. The van der Waals surface area contributed by atoms with E-state index in [9.17, 15) is 8.42 Å². The van der Waals surface area contributed by atoms with Crippen molar-refractivity contribution in [1.29, 1.82) is 0 Å². The molecule has 0 spiro atoms. The van der Waals surface area contributed by atoms with Crippen molar-refractivity contribution in [3.8, 4) is 0 Å². The van der Waals surface area contributed by atoms with Crippen molar-refractivity contribution in [2.75, 3.05) is 23.7 Å². The second-order valence-corrected chi connectivity index (χ2v) is 9.19. The number of nitrogens with one attached hydrogen (secondary N) is 3. The molecule has 1 heterocycles. The van der Waals surface area contributed by atoms with E-state index in [1.807, 2.05) is 44.2 Å². The lowest BCUT2D eigenvalue weighted by molar-refractivity contribution is 0.583. The maximum absolute atomic E-state index is 12.4. The highest BCUT2D eigenvalue weighted by Crippen LogP contribution is 2.24. The number of hydrogen-bond acceptors (Lipinski definition) is 6. The summed E-state index contributed by atoms with van der Waals surface area (Å²) in [4.78, 5) is 8.69. The summed E-state index contributed by atoms with van der Waals surface area (Å²) < 4.78 is 27.3. The minimum absolute atomic E-state index is 0.0620. The van der Waals surface area contributed by atoms with Crippen LogP contribution in [-0.2, 0) is 10.0 Å². The van der Waals surface area contributed by atoms with Gasteiger partial charge in [0.15, 0.2) is 0 Å². The van der Waals surface area contributed by atoms with E-state index in [-0.39, 0.29) is 23.0 Å². The van der Waals surface area contributed by atoms with Crippen molar-refractivity contribution in [2.24, 2.45) is 0 Å². The number of halogens is 2. The fourth-order valence-corrected chi connectivity index (χ4v) is 4.41. The second kappa shape index (κ2) is 9.61. The highest BCUT2D eigenvalue weighted by Gasteiger charge is 2.17. The molecule has 10 heteroatoms. The fraction of sp³-hybridized carbons (Fsp3) is 0.200. The maximum Gasteiger partial charge on any atom is 0.242 e. The summed E-state index contributed by atoms with van der Waals surface area (Å²) in [6.45, 7) is 4.28. The molecule has 7 nitrogen and oxygen atoms in total. The van der Waals surface area contributed by atoms with Crippen LogP contribution in [-0.4, -0.2) is 31.5 Å². The van der Waals surface area contributed by atoms with Crippen LogP contribution in [0.5, 0.6) is 0 Å². The molecule has 0 aliphatic heterocycles. The molecule has 0 unspecified atom stereocenters. The molecule has 0 saturated carbocycles. The molecule has 0 atom stereocenters. The van der Waals surface area contributed by atoms with Gasteiger partial charge in [0.25, 0.3) is 0 Å². The number of hydrogen-bond donors (Lipinski definition) is 3. The third-order valence-electron chi connectivity index (χ3n) is 4.06. The monoisotopic (exact) mass is 465 g/mol. The summed E-state index contributed by atoms with van der Waals surface area (Å²) in [6, 6.07) is 14.1. The van der Waals surface area contributed by atoms with Crippen LogP contribution in [0.3, 0.4) is 0 Å². The van der Waals surface area contributed by atoms with E-state index in [1.54, 1.807) is 0 Å². The van der Waals surface area contributed by atoms with Gasteiger partial charge in [-0.25, -0.2) is 18.1 Å². The third-order valence-corrected chi connectivity index (χ3v) is 6.24. The largest absolute Gasteiger partial charge is 0.353 e. The van der Waals surface area contributed by atoms with E-state index in [0.717, 1.165) is 11.4 Å². The number of sulfonamides is 1. The van der Waals surface area contributed by atoms with Crippen molar-refractivity contribution in [1.82, 2.24) is 14.7 Å². The van der Waals surface area contributed by atoms with Crippen LogP contribution in [0.2, 0.25) is 10.0 Å². The molecular weight excluding hydrogens is 445 g/mol. The average molecular weight is 466 g/mol. The fourth-order valence-electron chi connectivity index (χ4n) is 2.62. The zero-order chi connectivity index (χ0) is 21.7. The van der Waals surface area contributed by atoms with Crippen LogP contribution in [0.1, 0.15) is 11.3 Å². The van der Waals surface area contributed by atoms with E-state index in [0.29, 0.717) is 16.8 Å². The Balaban J connectivity index is 1.60. The number of rotatable bonds is 8. The minimum atomic E-state index is -3.79. The second-order valence-electron chi connectivity index (χ2n) is 6.61. The van der Waals surface area contributed by atoms with Gasteiger partial charge in [0, 0.05) is 35.6 Å². The van der Waals surface area contributed by atoms with Crippen molar-refractivity contribution in [2.45, 2.75) is 18.7 Å². The average Bonchev–Trinajstić information content (AvgIpc) is 2.68. The third kappa shape index (κ3) is 6.06. The summed E-state index contributed by atoms with van der Waals surface area (Å²) in [5.41, 5.74) is 2.85. The van der Waals surface area contributed by atoms with Gasteiger partial charge in [-0.15, -0.1) is 0 Å². The molecular formula is C20H21Cl2N5O2S. The van der Waals surface area contributed by atoms with E-state index >= 15 is 0 Å². The molecule has 30 heavy (non-hydrogen) atoms. The number of anilines is 3. The van der Waals surface area contributed by atoms with E-state index < -0.39 is 10.0 Å². The lowest BCUT2D eigenvalue weighted by Gasteiger charge is -2.11. The molecule has 0 saturated heterocycles. The zero-order valence-electron chi connectivity index (χ0n) is 16.4. The van der Waals surface area contributed by atoms with E-state index in [2.05, 4.69) is 25.3 Å². The van der Waals surface area contributed by atoms with Crippen LogP contribution < -0.4 is 15.4 Å². The van der Waals surface area contributed by atoms with Crippen LogP contribution in [0.25, 0.3) is 0 Å². The quantitative estimate of drug-likeness (QED) is 0.422. The Labute approximate surface area is 185 Å². The van der Waals surface area contributed by atoms with Gasteiger partial charge in [0.1, 0.15) is 10.7 Å². The first kappa shape index (κ1) is 22.3. The maximum atomic E-state index is 12.4. The van der Waals surface area contributed by atoms with Gasteiger partial charge in [-0.3, -0.25) is 0 Å². The topological polar surface area (TPSA) is 96.0 Å². The Morgan fingerprint density at radius 3 is 2.40 bits per heavy atom. The molecule has 0 amide bonds. The zero-order valence-corrected chi connectivity index (χ0v) is 18.7. The predicted octanol–water partition coefficient (Wildman–Crippen LogP) is 4.53. The number of benzene rings is 2. The highest BCUT2D eigenvalue weighted by molar-refractivity contribution is 7.89. The summed E-state index contributed by atoms with van der Waals surface area (Å²) in [6.07, 6.45) is 0. The number of aromatic nitrogens is 2. The predicted molar refractivity (Wildman–Crippen MR) is 121 cm³/mol. The van der Waals surface area contributed by atoms with Crippen LogP contribution >= 0.6 is 23.2 Å². The van der Waals surface area contributed by atoms with Crippen LogP contribution in [0, 0.1) is 13.8 Å². The van der Waals surface area contributed by atoms with E-state index in [1.165, 1.54) is 23.8 Å². The van der Waals surface area contributed by atoms with Crippen LogP contribution in [0.4, 0.5) is 17.5 Å². The standard InChI is InChI=1S/C20H21Cl2N5O2S/c1-13-3-6-16(7-4-13)26-19-11-14(2)25-20(27-19)23-9-10-24-30(28,29)18-12-15(21)5-8-17(18)22/h3-8,11-12,24H,9-10H2,1-2H3,(H2,23,25,26,27). The Hall–Kier alpha value is -2.39. The van der Waals surface area contributed by atoms with E-state index in [4.69, 9.17) is 23.2 Å². The molecule has 158 valence electrons. The summed E-state index contributed by atoms with van der Waals surface area (Å²) in [5, 5.41) is 6.65. The lowest BCUT2D eigenvalue weighted by atomic mass is 10.2. The first-order valence-electron chi connectivity index (χ1n) is 9.11. The molecule has 1 aromatic heterocycles. The molecule has 3 aromatic rings. The first-order valence-corrected chi connectivity index (χ1v) is 11.3. The minimum Gasteiger partial charge on any atom is -0.353 e. The molecule has 2 aromatic carbocycles. The smallest absolute Gasteiger partial charge is 0.242 e. The molecule has 0 bridgehead atoms. The van der Waals surface area contributed by atoms with Gasteiger partial charge >= 0.3 is 0 Å². The number of nitrogens with zero attached hydrogens (tertiary/aromatic N) is 2. The molecule has 3 rings (SSSR count). The van der Waals surface area contributed by atoms with Gasteiger partial charge in [-0.1, -0.05) is 40.9 Å². The van der Waals surface area contributed by atoms with Gasteiger partial charge in [0.2, 0.25) is 16.0 Å². The Morgan fingerprint density at radius 1 is 0.933 bits per heavy atom. The Kier molecular flexibility index (Phi) is 7.14. The van der Waals surface area contributed by atoms with Crippen LogP contribution in [0.15, 0.2) is 53.4 Å². The Morgan fingerprint density at radius 2 is 1.67 bits per heavy atom. The number of aryl methyl sites for hydroxylation is 2. The van der Waals surface area contributed by atoms with Crippen molar-refractivity contribution in [3.05, 3.63) is 69.8 Å². The summed E-state index contributed by atoms with van der Waals surface area (Å²) in [5.74, 6) is 1.03. The highest BCUT2D eigenvalue weighted by atomic mass is 35.5. The summed E-state index contributed by atoms with van der Waals surface area (Å²) in [7, 11) is -3.79.